The number of sulfonamides is 1. The van der Waals surface area contributed by atoms with Gasteiger partial charge in [0.1, 0.15) is 5.82 Å². The largest absolute Gasteiger partial charge is 0.316 e. The molecule has 5 nitrogen and oxygen atoms in total. The third-order valence-corrected chi connectivity index (χ3v) is 9.75. The molecule has 0 bridgehead atoms. The molecule has 1 aliphatic heterocycles. The number of halogens is 1. The first-order valence-electron chi connectivity index (χ1n) is 11.8. The average molecular weight is 488 g/mol. The third kappa shape index (κ3) is 4.57. The van der Waals surface area contributed by atoms with Crippen LogP contribution < -0.4 is 0 Å². The van der Waals surface area contributed by atoms with Crippen molar-refractivity contribution in [1.29, 1.82) is 0 Å². The van der Waals surface area contributed by atoms with E-state index in [1.54, 1.807) is 28.6 Å². The smallest absolute Gasteiger partial charge is 0.243 e. The highest BCUT2D eigenvalue weighted by atomic mass is 32.2. The fourth-order valence-corrected chi connectivity index (χ4v) is 7.79. The summed E-state index contributed by atoms with van der Waals surface area (Å²) in [4.78, 5) is 5.17. The van der Waals surface area contributed by atoms with Gasteiger partial charge in [0.05, 0.1) is 15.9 Å². The summed E-state index contributed by atoms with van der Waals surface area (Å²) < 4.78 is 44.7. The molecule has 0 spiro atoms. The number of fused-ring (bicyclic) bond motifs is 1. The molecule has 0 unspecified atom stereocenters. The topological polar surface area (TPSA) is 55.2 Å². The van der Waals surface area contributed by atoms with Crippen LogP contribution in [-0.2, 0) is 15.8 Å². The second-order valence-corrected chi connectivity index (χ2v) is 12.2. The van der Waals surface area contributed by atoms with Gasteiger partial charge in [0.25, 0.3) is 0 Å². The molecule has 1 atom stereocenters. The van der Waals surface area contributed by atoms with Crippen LogP contribution in [0.25, 0.3) is 11.0 Å². The average Bonchev–Trinajstić information content (AvgIpc) is 3.45. The van der Waals surface area contributed by atoms with Gasteiger partial charge in [0.2, 0.25) is 10.0 Å². The van der Waals surface area contributed by atoms with Gasteiger partial charge < -0.3 is 4.57 Å². The van der Waals surface area contributed by atoms with Gasteiger partial charge in [-0.2, -0.15) is 4.31 Å². The Kier molecular flexibility index (Phi) is 6.51. The van der Waals surface area contributed by atoms with Crippen molar-refractivity contribution in [2.45, 2.75) is 67.3 Å². The molecule has 0 N–H and O–H groups in total. The van der Waals surface area contributed by atoms with Crippen molar-refractivity contribution in [3.05, 3.63) is 53.8 Å². The van der Waals surface area contributed by atoms with Crippen LogP contribution >= 0.6 is 11.8 Å². The second kappa shape index (κ2) is 9.39. The normalized spacial score (nSPS) is 20.6. The summed E-state index contributed by atoms with van der Waals surface area (Å²) in [6.45, 7) is 3.25. The van der Waals surface area contributed by atoms with Crippen molar-refractivity contribution in [1.82, 2.24) is 13.9 Å². The standard InChI is InChI=1S/C25H30FN3O2S2/c1-18-7-6-14-28(16-18)33(30,31)21-12-13-24-23(15-21)27-25(29(24)20-9-3-4-10-20)32-17-19-8-2-5-11-22(19)26/h2,5,8,11-13,15,18,20H,3-4,6-7,9-10,14,16-17H2,1H3/t18-/m1/s1. The molecule has 2 aromatic carbocycles. The van der Waals surface area contributed by atoms with Crippen molar-refractivity contribution < 1.29 is 12.8 Å². The van der Waals surface area contributed by atoms with Crippen LogP contribution in [0.5, 0.6) is 0 Å². The Labute approximate surface area is 199 Å². The van der Waals surface area contributed by atoms with Crippen LogP contribution in [0.15, 0.2) is 52.5 Å². The number of thioether (sulfide) groups is 1. The zero-order valence-corrected chi connectivity index (χ0v) is 20.5. The van der Waals surface area contributed by atoms with Crippen LogP contribution in [-0.4, -0.2) is 35.4 Å². The number of nitrogens with zero attached hydrogens (tertiary/aromatic N) is 3. The summed E-state index contributed by atoms with van der Waals surface area (Å²) in [5.41, 5.74) is 2.31. The molecule has 0 radical (unpaired) electrons. The van der Waals surface area contributed by atoms with Crippen molar-refractivity contribution in [3.63, 3.8) is 0 Å². The van der Waals surface area contributed by atoms with E-state index in [1.165, 1.54) is 30.7 Å². The fourth-order valence-electron chi connectivity index (χ4n) is 5.11. The Balaban J connectivity index is 1.50. The molecule has 0 amide bonds. The van der Waals surface area contributed by atoms with Gasteiger partial charge >= 0.3 is 0 Å². The number of imidazole rings is 1. The van der Waals surface area contributed by atoms with Crippen LogP contribution in [0.3, 0.4) is 0 Å². The number of aromatic nitrogens is 2. The minimum absolute atomic E-state index is 0.210. The Morgan fingerprint density at radius 3 is 2.64 bits per heavy atom. The van der Waals surface area contributed by atoms with Gasteiger partial charge in [-0.15, -0.1) is 0 Å². The first-order valence-corrected chi connectivity index (χ1v) is 14.2. The molecule has 3 aromatic rings. The Bertz CT molecular complexity index is 1250. The second-order valence-electron chi connectivity index (χ2n) is 9.34. The third-order valence-electron chi connectivity index (χ3n) is 6.89. The van der Waals surface area contributed by atoms with Crippen LogP contribution in [0.1, 0.15) is 57.1 Å². The Hall–Kier alpha value is -1.90. The van der Waals surface area contributed by atoms with Gasteiger partial charge in [-0.05, 0) is 61.4 Å². The van der Waals surface area contributed by atoms with E-state index in [0.717, 1.165) is 36.4 Å². The zero-order chi connectivity index (χ0) is 23.0. The highest BCUT2D eigenvalue weighted by Gasteiger charge is 2.30. The molecule has 1 aliphatic carbocycles. The molecule has 33 heavy (non-hydrogen) atoms. The molecular formula is C25H30FN3O2S2. The summed E-state index contributed by atoms with van der Waals surface area (Å²) in [6, 6.07) is 12.5. The number of piperidine rings is 1. The maximum absolute atomic E-state index is 14.2. The molecule has 2 fully saturated rings. The lowest BCUT2D eigenvalue weighted by Gasteiger charge is -2.30. The minimum atomic E-state index is -3.54. The van der Waals surface area contributed by atoms with Gasteiger partial charge in [0, 0.05) is 24.9 Å². The van der Waals surface area contributed by atoms with E-state index in [1.807, 2.05) is 12.1 Å². The maximum Gasteiger partial charge on any atom is 0.243 e. The highest BCUT2D eigenvalue weighted by molar-refractivity contribution is 7.98. The molecule has 1 saturated carbocycles. The molecule has 2 heterocycles. The van der Waals surface area contributed by atoms with E-state index in [-0.39, 0.29) is 5.82 Å². The lowest BCUT2D eigenvalue weighted by Crippen LogP contribution is -2.39. The van der Waals surface area contributed by atoms with E-state index in [0.29, 0.717) is 46.8 Å². The summed E-state index contributed by atoms with van der Waals surface area (Å²) in [6.07, 6.45) is 6.51. The van der Waals surface area contributed by atoms with Gasteiger partial charge in [-0.3, -0.25) is 0 Å². The quantitative estimate of drug-likeness (QED) is 0.400. The molecule has 5 rings (SSSR count). The molecule has 8 heteroatoms. The first kappa shape index (κ1) is 22.9. The van der Waals surface area contributed by atoms with Gasteiger partial charge in [-0.25, -0.2) is 17.8 Å². The maximum atomic E-state index is 14.2. The molecule has 176 valence electrons. The zero-order valence-electron chi connectivity index (χ0n) is 18.9. The summed E-state index contributed by atoms with van der Waals surface area (Å²) in [7, 11) is -3.54. The van der Waals surface area contributed by atoms with E-state index in [9.17, 15) is 12.8 Å². The Morgan fingerprint density at radius 2 is 1.88 bits per heavy atom. The summed E-state index contributed by atoms with van der Waals surface area (Å²) in [5.74, 6) is 0.650. The van der Waals surface area contributed by atoms with E-state index in [2.05, 4.69) is 11.5 Å². The molecular weight excluding hydrogens is 457 g/mol. The van der Waals surface area contributed by atoms with Crippen molar-refractivity contribution in [2.24, 2.45) is 5.92 Å². The van der Waals surface area contributed by atoms with Crippen molar-refractivity contribution in [2.75, 3.05) is 13.1 Å². The van der Waals surface area contributed by atoms with Gasteiger partial charge in [0.15, 0.2) is 5.16 Å². The number of hydrogen-bond acceptors (Lipinski definition) is 4. The Morgan fingerprint density at radius 1 is 1.09 bits per heavy atom. The van der Waals surface area contributed by atoms with Crippen LogP contribution in [0.2, 0.25) is 0 Å². The van der Waals surface area contributed by atoms with E-state index < -0.39 is 10.0 Å². The number of benzene rings is 2. The van der Waals surface area contributed by atoms with E-state index >= 15 is 0 Å². The van der Waals surface area contributed by atoms with Crippen LogP contribution in [0.4, 0.5) is 4.39 Å². The molecule has 1 aromatic heterocycles. The lowest BCUT2D eigenvalue weighted by molar-refractivity contribution is 0.281. The van der Waals surface area contributed by atoms with E-state index in [4.69, 9.17) is 4.98 Å². The van der Waals surface area contributed by atoms with Crippen LogP contribution in [0, 0.1) is 11.7 Å². The number of rotatable bonds is 6. The SMILES string of the molecule is C[C@@H]1CCCN(S(=O)(=O)c2ccc3c(c2)nc(SCc2ccccc2F)n3C2CCCC2)C1. The fraction of sp³-hybridized carbons (Fsp3) is 0.480. The van der Waals surface area contributed by atoms with Crippen molar-refractivity contribution in [3.8, 4) is 0 Å². The minimum Gasteiger partial charge on any atom is -0.316 e. The lowest BCUT2D eigenvalue weighted by atomic mass is 10.0. The molecule has 2 aliphatic rings. The predicted octanol–water partition coefficient (Wildman–Crippen LogP) is 6.00. The van der Waals surface area contributed by atoms with Gasteiger partial charge in [-0.1, -0.05) is 49.7 Å². The number of hydrogen-bond donors (Lipinski definition) is 0. The monoisotopic (exact) mass is 487 g/mol. The molecule has 1 saturated heterocycles. The predicted molar refractivity (Wildman–Crippen MR) is 130 cm³/mol. The first-order chi connectivity index (χ1) is 15.9. The summed E-state index contributed by atoms with van der Waals surface area (Å²) in [5, 5.41) is 0.835. The summed E-state index contributed by atoms with van der Waals surface area (Å²) >= 11 is 1.52. The highest BCUT2D eigenvalue weighted by Crippen LogP contribution is 2.38. The van der Waals surface area contributed by atoms with Crippen molar-refractivity contribution >= 4 is 32.8 Å².